The summed E-state index contributed by atoms with van der Waals surface area (Å²) >= 11 is 0. The monoisotopic (exact) mass is 345 g/mol. The molecule has 1 heterocycles. The highest BCUT2D eigenvalue weighted by Gasteiger charge is 2.10. The molecule has 0 fully saturated rings. The van der Waals surface area contributed by atoms with E-state index in [0.29, 0.717) is 5.69 Å². The molecule has 1 aromatic heterocycles. The smallest absolute Gasteiger partial charge is 0.274 e. The molecular formula is C22H23N3O. The number of rotatable bonds is 5. The van der Waals surface area contributed by atoms with Crippen molar-refractivity contribution in [1.29, 1.82) is 0 Å². The highest BCUT2D eigenvalue weighted by molar-refractivity contribution is 6.03. The van der Waals surface area contributed by atoms with Gasteiger partial charge in [0.25, 0.3) is 5.91 Å². The lowest BCUT2D eigenvalue weighted by molar-refractivity contribution is 0.102. The predicted molar refractivity (Wildman–Crippen MR) is 107 cm³/mol. The van der Waals surface area contributed by atoms with Gasteiger partial charge in [0.05, 0.1) is 11.9 Å². The Kier molecular flexibility index (Phi) is 5.32. The SMILES string of the molecule is Cc1ccc(CNc2ccc(C(=O)Nc3cccc(C)c3C)nc2)cc1. The van der Waals surface area contributed by atoms with Gasteiger partial charge in [-0.15, -0.1) is 0 Å². The second kappa shape index (κ2) is 7.83. The van der Waals surface area contributed by atoms with Gasteiger partial charge in [-0.25, -0.2) is 4.98 Å². The van der Waals surface area contributed by atoms with E-state index in [-0.39, 0.29) is 5.91 Å². The fraction of sp³-hybridized carbons (Fsp3) is 0.182. The molecule has 0 spiro atoms. The van der Waals surface area contributed by atoms with Crippen molar-refractivity contribution in [3.05, 3.63) is 88.7 Å². The molecule has 26 heavy (non-hydrogen) atoms. The van der Waals surface area contributed by atoms with Crippen LogP contribution in [0, 0.1) is 20.8 Å². The largest absolute Gasteiger partial charge is 0.380 e. The summed E-state index contributed by atoms with van der Waals surface area (Å²) < 4.78 is 0. The normalized spacial score (nSPS) is 10.4. The van der Waals surface area contributed by atoms with Gasteiger partial charge in [-0.05, 0) is 55.7 Å². The Balaban J connectivity index is 1.62. The van der Waals surface area contributed by atoms with Gasteiger partial charge in [0.15, 0.2) is 0 Å². The van der Waals surface area contributed by atoms with Gasteiger partial charge in [-0.1, -0.05) is 42.0 Å². The molecule has 3 rings (SSSR count). The van der Waals surface area contributed by atoms with Crippen LogP contribution in [-0.4, -0.2) is 10.9 Å². The minimum Gasteiger partial charge on any atom is -0.380 e. The summed E-state index contributed by atoms with van der Waals surface area (Å²) in [5.41, 5.74) is 6.75. The fourth-order valence-electron chi connectivity index (χ4n) is 2.62. The van der Waals surface area contributed by atoms with E-state index in [1.807, 2.05) is 38.1 Å². The van der Waals surface area contributed by atoms with Crippen LogP contribution < -0.4 is 10.6 Å². The van der Waals surface area contributed by atoms with Gasteiger partial charge in [0, 0.05) is 12.2 Å². The lowest BCUT2D eigenvalue weighted by Crippen LogP contribution is -2.14. The summed E-state index contributed by atoms with van der Waals surface area (Å²) in [7, 11) is 0. The number of pyridine rings is 1. The number of amides is 1. The van der Waals surface area contributed by atoms with E-state index in [9.17, 15) is 4.79 Å². The van der Waals surface area contributed by atoms with Crippen molar-refractivity contribution in [3.8, 4) is 0 Å². The van der Waals surface area contributed by atoms with Crippen LogP contribution in [0.1, 0.15) is 32.7 Å². The van der Waals surface area contributed by atoms with Gasteiger partial charge in [-0.2, -0.15) is 0 Å². The fourth-order valence-corrected chi connectivity index (χ4v) is 2.62. The third-order valence-corrected chi connectivity index (χ3v) is 4.47. The Morgan fingerprint density at radius 3 is 2.42 bits per heavy atom. The van der Waals surface area contributed by atoms with E-state index in [1.54, 1.807) is 12.3 Å². The number of nitrogens with one attached hydrogen (secondary N) is 2. The lowest BCUT2D eigenvalue weighted by atomic mass is 10.1. The lowest BCUT2D eigenvalue weighted by Gasteiger charge is -2.11. The van der Waals surface area contributed by atoms with E-state index in [4.69, 9.17) is 0 Å². The first-order chi connectivity index (χ1) is 12.5. The molecule has 0 aliphatic carbocycles. The molecule has 1 amide bonds. The minimum absolute atomic E-state index is 0.205. The molecule has 4 nitrogen and oxygen atoms in total. The number of hydrogen-bond donors (Lipinski definition) is 2. The van der Waals surface area contributed by atoms with Crippen molar-refractivity contribution in [3.63, 3.8) is 0 Å². The third-order valence-electron chi connectivity index (χ3n) is 4.47. The molecule has 0 unspecified atom stereocenters. The summed E-state index contributed by atoms with van der Waals surface area (Å²) in [5, 5.41) is 6.25. The molecule has 0 saturated carbocycles. The van der Waals surface area contributed by atoms with Crippen molar-refractivity contribution in [2.45, 2.75) is 27.3 Å². The maximum Gasteiger partial charge on any atom is 0.274 e. The molecule has 0 atom stereocenters. The number of anilines is 2. The molecule has 3 aromatic rings. The van der Waals surface area contributed by atoms with E-state index in [0.717, 1.165) is 29.0 Å². The van der Waals surface area contributed by atoms with E-state index < -0.39 is 0 Å². The zero-order chi connectivity index (χ0) is 18.5. The van der Waals surface area contributed by atoms with Crippen LogP contribution in [0.4, 0.5) is 11.4 Å². The van der Waals surface area contributed by atoms with Gasteiger partial charge in [0.1, 0.15) is 5.69 Å². The van der Waals surface area contributed by atoms with Crippen molar-refractivity contribution in [2.24, 2.45) is 0 Å². The Hall–Kier alpha value is -3.14. The number of carbonyl (C=O) groups is 1. The second-order valence-electron chi connectivity index (χ2n) is 6.47. The van der Waals surface area contributed by atoms with E-state index >= 15 is 0 Å². The van der Waals surface area contributed by atoms with Crippen LogP contribution in [0.5, 0.6) is 0 Å². The molecule has 2 N–H and O–H groups in total. The number of aromatic nitrogens is 1. The van der Waals surface area contributed by atoms with Gasteiger partial charge < -0.3 is 10.6 Å². The first kappa shape index (κ1) is 17.7. The summed E-state index contributed by atoms with van der Waals surface area (Å²) in [6.45, 7) is 6.81. The highest BCUT2D eigenvalue weighted by Crippen LogP contribution is 2.19. The predicted octanol–water partition coefficient (Wildman–Crippen LogP) is 4.87. The molecule has 0 bridgehead atoms. The molecular weight excluding hydrogens is 322 g/mol. The van der Waals surface area contributed by atoms with Crippen molar-refractivity contribution >= 4 is 17.3 Å². The number of benzene rings is 2. The van der Waals surface area contributed by atoms with Crippen molar-refractivity contribution in [1.82, 2.24) is 4.98 Å². The number of carbonyl (C=O) groups excluding carboxylic acids is 1. The van der Waals surface area contributed by atoms with Gasteiger partial charge in [0.2, 0.25) is 0 Å². The summed E-state index contributed by atoms with van der Waals surface area (Å²) in [6.07, 6.45) is 1.69. The topological polar surface area (TPSA) is 54.0 Å². The minimum atomic E-state index is -0.205. The third kappa shape index (κ3) is 4.28. The van der Waals surface area contributed by atoms with Crippen LogP contribution in [0.2, 0.25) is 0 Å². The van der Waals surface area contributed by atoms with Gasteiger partial charge >= 0.3 is 0 Å². The maximum atomic E-state index is 12.4. The van der Waals surface area contributed by atoms with Crippen molar-refractivity contribution < 1.29 is 4.79 Å². The quantitative estimate of drug-likeness (QED) is 0.693. The van der Waals surface area contributed by atoms with Crippen LogP contribution >= 0.6 is 0 Å². The average molecular weight is 345 g/mol. The van der Waals surface area contributed by atoms with Crippen LogP contribution in [-0.2, 0) is 6.54 Å². The second-order valence-corrected chi connectivity index (χ2v) is 6.47. The molecule has 2 aromatic carbocycles. The number of hydrogen-bond acceptors (Lipinski definition) is 3. The zero-order valence-corrected chi connectivity index (χ0v) is 15.3. The van der Waals surface area contributed by atoms with E-state index in [1.165, 1.54) is 11.1 Å². The van der Waals surface area contributed by atoms with Gasteiger partial charge in [-0.3, -0.25) is 4.79 Å². The van der Waals surface area contributed by atoms with Crippen molar-refractivity contribution in [2.75, 3.05) is 10.6 Å². The standard InChI is InChI=1S/C22H23N3O/c1-15-7-9-18(10-8-15)13-23-19-11-12-21(24-14-19)22(26)25-20-6-4-5-16(2)17(20)3/h4-12,14,23H,13H2,1-3H3,(H,25,26). The summed E-state index contributed by atoms with van der Waals surface area (Å²) in [6, 6.07) is 17.9. The average Bonchev–Trinajstić information content (AvgIpc) is 2.65. The van der Waals surface area contributed by atoms with Crippen LogP contribution in [0.3, 0.4) is 0 Å². The van der Waals surface area contributed by atoms with Crippen LogP contribution in [0.15, 0.2) is 60.8 Å². The molecule has 4 heteroatoms. The highest BCUT2D eigenvalue weighted by atomic mass is 16.1. The molecule has 0 radical (unpaired) electrons. The number of aryl methyl sites for hydroxylation is 2. The Labute approximate surface area is 154 Å². The Morgan fingerprint density at radius 1 is 0.962 bits per heavy atom. The molecule has 132 valence electrons. The summed E-state index contributed by atoms with van der Waals surface area (Å²) in [5.74, 6) is -0.205. The number of nitrogens with zero attached hydrogens (tertiary/aromatic N) is 1. The molecule has 0 aliphatic rings. The Morgan fingerprint density at radius 2 is 1.73 bits per heavy atom. The Bertz CT molecular complexity index is 900. The first-order valence-corrected chi connectivity index (χ1v) is 8.66. The van der Waals surface area contributed by atoms with Crippen LogP contribution in [0.25, 0.3) is 0 Å². The van der Waals surface area contributed by atoms with E-state index in [2.05, 4.69) is 46.8 Å². The maximum absolute atomic E-state index is 12.4. The summed E-state index contributed by atoms with van der Waals surface area (Å²) in [4.78, 5) is 16.7. The molecule has 0 saturated heterocycles. The first-order valence-electron chi connectivity index (χ1n) is 8.66. The molecule has 0 aliphatic heterocycles. The zero-order valence-electron chi connectivity index (χ0n) is 15.3.